The fraction of sp³-hybridized carbons (Fsp3) is 0.250. The van der Waals surface area contributed by atoms with E-state index < -0.39 is 0 Å². The van der Waals surface area contributed by atoms with E-state index in [4.69, 9.17) is 4.74 Å². The lowest BCUT2D eigenvalue weighted by Gasteiger charge is -2.29. The summed E-state index contributed by atoms with van der Waals surface area (Å²) < 4.78 is 8.23. The highest BCUT2D eigenvalue weighted by molar-refractivity contribution is 6.02. The third-order valence-electron chi connectivity index (χ3n) is 6.95. The van der Waals surface area contributed by atoms with Crippen LogP contribution in [0.25, 0.3) is 22.2 Å². The van der Waals surface area contributed by atoms with Gasteiger partial charge in [0.1, 0.15) is 0 Å². The molecule has 0 radical (unpaired) electrons. The predicted octanol–water partition coefficient (Wildman–Crippen LogP) is 5.57. The quantitative estimate of drug-likeness (QED) is 0.431. The molecule has 160 valence electrons. The molecule has 2 atom stereocenters. The second-order valence-electron chi connectivity index (χ2n) is 8.79. The number of hydrogen-bond acceptors (Lipinski definition) is 2. The second kappa shape index (κ2) is 7.64. The number of para-hydroxylation sites is 1. The minimum atomic E-state index is -0.135. The molecule has 1 saturated heterocycles. The first kappa shape index (κ1) is 19.3. The minimum absolute atomic E-state index is 0.103. The van der Waals surface area contributed by atoms with Gasteiger partial charge in [-0.1, -0.05) is 66.7 Å². The summed E-state index contributed by atoms with van der Waals surface area (Å²) in [5.41, 5.74) is 6.60. The van der Waals surface area contributed by atoms with Gasteiger partial charge in [-0.3, -0.25) is 4.79 Å². The lowest BCUT2D eigenvalue weighted by molar-refractivity contribution is 0.0501. The van der Waals surface area contributed by atoms with Gasteiger partial charge in [0.15, 0.2) is 0 Å². The van der Waals surface area contributed by atoms with Crippen molar-refractivity contribution >= 4 is 16.8 Å². The van der Waals surface area contributed by atoms with Crippen LogP contribution >= 0.6 is 0 Å². The van der Waals surface area contributed by atoms with Crippen molar-refractivity contribution in [1.82, 2.24) is 9.47 Å². The molecule has 2 aliphatic heterocycles. The molecule has 1 fully saturated rings. The Morgan fingerprint density at radius 1 is 0.938 bits per heavy atom. The van der Waals surface area contributed by atoms with Gasteiger partial charge in [0.05, 0.1) is 17.8 Å². The third-order valence-corrected chi connectivity index (χ3v) is 6.95. The zero-order chi connectivity index (χ0) is 21.7. The summed E-state index contributed by atoms with van der Waals surface area (Å²) in [5, 5.41) is 1.20. The van der Waals surface area contributed by atoms with Gasteiger partial charge in [-0.2, -0.15) is 0 Å². The highest BCUT2D eigenvalue weighted by Crippen LogP contribution is 2.46. The van der Waals surface area contributed by atoms with Crippen molar-refractivity contribution in [3.63, 3.8) is 0 Å². The van der Waals surface area contributed by atoms with Crippen LogP contribution in [0.2, 0.25) is 0 Å². The molecule has 3 aromatic carbocycles. The summed E-state index contributed by atoms with van der Waals surface area (Å²) in [4.78, 5) is 15.7. The fourth-order valence-corrected chi connectivity index (χ4v) is 5.52. The molecule has 3 heterocycles. The van der Waals surface area contributed by atoms with E-state index in [1.807, 2.05) is 24.3 Å². The Kier molecular flexibility index (Phi) is 4.62. The topological polar surface area (TPSA) is 34.5 Å². The lowest BCUT2D eigenvalue weighted by Crippen LogP contribution is -2.36. The van der Waals surface area contributed by atoms with E-state index >= 15 is 0 Å². The van der Waals surface area contributed by atoms with Crippen LogP contribution in [0.4, 0.5) is 0 Å². The maximum atomic E-state index is 13.6. The predicted molar refractivity (Wildman–Crippen MR) is 127 cm³/mol. The number of aromatic nitrogens is 1. The maximum absolute atomic E-state index is 13.6. The standard InChI is InChI=1S/C28H26N2O2/c1-29-24-16-8-7-15-23(24)25(26(29)19-10-3-2-4-11-19)27-21-13-5-6-14-22(21)28(31)30(27)18-20-12-9-17-32-20/h2-8,10-11,13-16,20,27H,9,12,17-18H2,1H3/t20-,27+/m0/s1. The van der Waals surface area contributed by atoms with Gasteiger partial charge in [-0.15, -0.1) is 0 Å². The summed E-state index contributed by atoms with van der Waals surface area (Å²) in [5.74, 6) is 0.105. The number of amides is 1. The van der Waals surface area contributed by atoms with Gasteiger partial charge in [0, 0.05) is 42.2 Å². The van der Waals surface area contributed by atoms with E-state index in [0.717, 1.165) is 36.1 Å². The Morgan fingerprint density at radius 2 is 1.69 bits per heavy atom. The molecule has 2 aliphatic rings. The highest BCUT2D eigenvalue weighted by atomic mass is 16.5. The zero-order valence-electron chi connectivity index (χ0n) is 18.2. The van der Waals surface area contributed by atoms with Crippen molar-refractivity contribution in [3.8, 4) is 11.3 Å². The van der Waals surface area contributed by atoms with Crippen LogP contribution in [-0.4, -0.2) is 34.6 Å². The van der Waals surface area contributed by atoms with Crippen molar-refractivity contribution in [2.75, 3.05) is 13.2 Å². The summed E-state index contributed by atoms with van der Waals surface area (Å²) in [6.45, 7) is 1.41. The van der Waals surface area contributed by atoms with Crippen LogP contribution in [0.3, 0.4) is 0 Å². The molecule has 0 unspecified atom stereocenters. The number of fused-ring (bicyclic) bond motifs is 2. The first-order chi connectivity index (χ1) is 15.7. The van der Waals surface area contributed by atoms with E-state index in [9.17, 15) is 4.79 Å². The Balaban J connectivity index is 1.62. The van der Waals surface area contributed by atoms with Crippen molar-refractivity contribution in [3.05, 3.63) is 95.6 Å². The van der Waals surface area contributed by atoms with Gasteiger partial charge in [-0.05, 0) is 36.1 Å². The van der Waals surface area contributed by atoms with E-state index in [1.165, 1.54) is 22.2 Å². The zero-order valence-corrected chi connectivity index (χ0v) is 18.2. The molecule has 4 nitrogen and oxygen atoms in total. The average molecular weight is 423 g/mol. The molecule has 0 N–H and O–H groups in total. The first-order valence-corrected chi connectivity index (χ1v) is 11.4. The van der Waals surface area contributed by atoms with E-state index in [1.54, 1.807) is 0 Å². The van der Waals surface area contributed by atoms with Gasteiger partial charge in [0.25, 0.3) is 5.91 Å². The molecular formula is C28H26N2O2. The fourth-order valence-electron chi connectivity index (χ4n) is 5.52. The number of carbonyl (C=O) groups is 1. The van der Waals surface area contributed by atoms with Crippen molar-refractivity contribution in [2.45, 2.75) is 25.0 Å². The smallest absolute Gasteiger partial charge is 0.255 e. The van der Waals surface area contributed by atoms with Gasteiger partial charge in [-0.25, -0.2) is 0 Å². The molecule has 1 amide bonds. The second-order valence-corrected chi connectivity index (χ2v) is 8.79. The SMILES string of the molecule is Cn1c(-c2ccccc2)c([C@H]2c3ccccc3C(=O)N2C[C@@H]2CCCO2)c2ccccc21. The number of ether oxygens (including phenoxy) is 1. The summed E-state index contributed by atoms with van der Waals surface area (Å²) >= 11 is 0. The molecule has 4 aromatic rings. The number of benzene rings is 3. The number of carbonyl (C=O) groups excluding carboxylic acids is 1. The van der Waals surface area contributed by atoms with Gasteiger partial charge in [0.2, 0.25) is 0 Å². The van der Waals surface area contributed by atoms with E-state index in [-0.39, 0.29) is 18.1 Å². The molecule has 6 rings (SSSR count). The van der Waals surface area contributed by atoms with Crippen LogP contribution < -0.4 is 0 Å². The largest absolute Gasteiger partial charge is 0.376 e. The van der Waals surface area contributed by atoms with Crippen LogP contribution in [0.15, 0.2) is 78.9 Å². The summed E-state index contributed by atoms with van der Waals surface area (Å²) in [6, 6.07) is 27.0. The first-order valence-electron chi connectivity index (χ1n) is 11.4. The molecule has 4 heteroatoms. The molecule has 1 aromatic heterocycles. The highest BCUT2D eigenvalue weighted by Gasteiger charge is 2.41. The van der Waals surface area contributed by atoms with Crippen molar-refractivity contribution < 1.29 is 9.53 Å². The molecule has 0 bridgehead atoms. The van der Waals surface area contributed by atoms with E-state index in [2.05, 4.69) is 71.1 Å². The maximum Gasteiger partial charge on any atom is 0.255 e. The molecule has 0 aliphatic carbocycles. The number of rotatable bonds is 4. The Hall–Kier alpha value is -3.37. The third kappa shape index (κ3) is 2.90. The van der Waals surface area contributed by atoms with Crippen LogP contribution in [0.5, 0.6) is 0 Å². The molecule has 0 spiro atoms. The van der Waals surface area contributed by atoms with Gasteiger partial charge < -0.3 is 14.2 Å². The summed E-state index contributed by atoms with van der Waals surface area (Å²) in [7, 11) is 2.13. The molecular weight excluding hydrogens is 396 g/mol. The van der Waals surface area contributed by atoms with Crippen LogP contribution in [0, 0.1) is 0 Å². The molecule has 32 heavy (non-hydrogen) atoms. The van der Waals surface area contributed by atoms with Gasteiger partial charge >= 0.3 is 0 Å². The van der Waals surface area contributed by atoms with Crippen molar-refractivity contribution in [2.24, 2.45) is 7.05 Å². The van der Waals surface area contributed by atoms with Crippen molar-refractivity contribution in [1.29, 1.82) is 0 Å². The average Bonchev–Trinajstić information content (AvgIpc) is 3.52. The molecule has 0 saturated carbocycles. The summed E-state index contributed by atoms with van der Waals surface area (Å²) in [6.07, 6.45) is 2.17. The lowest BCUT2D eigenvalue weighted by atomic mass is 9.93. The number of aryl methyl sites for hydroxylation is 1. The Bertz CT molecular complexity index is 1300. The Labute approximate surface area is 188 Å². The number of nitrogens with zero attached hydrogens (tertiary/aromatic N) is 2. The monoisotopic (exact) mass is 422 g/mol. The van der Waals surface area contributed by atoms with E-state index in [0.29, 0.717) is 6.54 Å². The van der Waals surface area contributed by atoms with Crippen LogP contribution in [-0.2, 0) is 11.8 Å². The Morgan fingerprint density at radius 3 is 2.50 bits per heavy atom. The number of hydrogen-bond donors (Lipinski definition) is 0. The normalized spacial score (nSPS) is 20.3. The van der Waals surface area contributed by atoms with Crippen LogP contribution in [0.1, 0.15) is 40.4 Å². The minimum Gasteiger partial charge on any atom is -0.376 e.